The van der Waals surface area contributed by atoms with Crippen LogP contribution in [0.1, 0.15) is 25.5 Å². The average molecular weight is 288 g/mol. The molecule has 0 aliphatic heterocycles. The molecule has 1 atom stereocenters. The molecule has 0 amide bonds. The number of ether oxygens (including phenoxy) is 1. The van der Waals surface area contributed by atoms with Crippen LogP contribution in [0.2, 0.25) is 0 Å². The first-order valence-corrected chi connectivity index (χ1v) is 7.58. The number of aromatic nitrogens is 1. The number of hydrogen-bond acceptors (Lipinski definition) is 4. The lowest BCUT2D eigenvalue weighted by atomic mass is 10.2. The maximum atomic E-state index is 9.33. The van der Waals surface area contributed by atoms with Gasteiger partial charge in [-0.05, 0) is 38.4 Å². The molecule has 1 unspecified atom stereocenters. The molecule has 0 radical (unpaired) electrons. The van der Waals surface area contributed by atoms with Crippen LogP contribution in [0.5, 0.6) is 5.75 Å². The summed E-state index contributed by atoms with van der Waals surface area (Å²) in [6.45, 7) is 5.71. The number of para-hydroxylation sites is 1. The van der Waals surface area contributed by atoms with Crippen LogP contribution >= 0.6 is 0 Å². The summed E-state index contributed by atoms with van der Waals surface area (Å²) in [6, 6.07) is 10.1. The van der Waals surface area contributed by atoms with Crippen molar-refractivity contribution in [2.24, 2.45) is 0 Å². The highest BCUT2D eigenvalue weighted by Crippen LogP contribution is 2.24. The van der Waals surface area contributed by atoms with E-state index in [4.69, 9.17) is 4.74 Å². The molecule has 0 saturated heterocycles. The SMILES string of the molecule is CCCNC(CO)CCOc1cccc2ccc(C)nc12. The van der Waals surface area contributed by atoms with Gasteiger partial charge in [0.1, 0.15) is 11.3 Å². The lowest BCUT2D eigenvalue weighted by Gasteiger charge is -2.16. The predicted molar refractivity (Wildman–Crippen MR) is 85.8 cm³/mol. The van der Waals surface area contributed by atoms with Gasteiger partial charge in [0.15, 0.2) is 0 Å². The van der Waals surface area contributed by atoms with Crippen molar-refractivity contribution in [3.05, 3.63) is 36.0 Å². The topological polar surface area (TPSA) is 54.4 Å². The van der Waals surface area contributed by atoms with Crippen LogP contribution in [0, 0.1) is 6.92 Å². The van der Waals surface area contributed by atoms with Crippen molar-refractivity contribution in [2.45, 2.75) is 32.7 Å². The van der Waals surface area contributed by atoms with Gasteiger partial charge in [0.25, 0.3) is 0 Å². The Morgan fingerprint density at radius 1 is 1.29 bits per heavy atom. The van der Waals surface area contributed by atoms with E-state index < -0.39 is 0 Å². The molecule has 2 aromatic rings. The van der Waals surface area contributed by atoms with Crippen molar-refractivity contribution in [3.8, 4) is 5.75 Å². The highest BCUT2D eigenvalue weighted by Gasteiger charge is 2.08. The summed E-state index contributed by atoms with van der Waals surface area (Å²) >= 11 is 0. The van der Waals surface area contributed by atoms with Crippen molar-refractivity contribution in [1.29, 1.82) is 0 Å². The fourth-order valence-corrected chi connectivity index (χ4v) is 2.25. The van der Waals surface area contributed by atoms with Gasteiger partial charge in [-0.25, -0.2) is 4.98 Å². The van der Waals surface area contributed by atoms with E-state index in [1.165, 1.54) is 0 Å². The van der Waals surface area contributed by atoms with Crippen LogP contribution in [-0.4, -0.2) is 35.9 Å². The number of hydrogen-bond donors (Lipinski definition) is 2. The zero-order valence-corrected chi connectivity index (χ0v) is 12.8. The van der Waals surface area contributed by atoms with Crippen LogP contribution < -0.4 is 10.1 Å². The molecule has 4 heteroatoms. The molecule has 4 nitrogen and oxygen atoms in total. The van der Waals surface area contributed by atoms with Crippen molar-refractivity contribution in [1.82, 2.24) is 10.3 Å². The third-order valence-corrected chi connectivity index (χ3v) is 3.45. The number of nitrogens with zero attached hydrogens (tertiary/aromatic N) is 1. The van der Waals surface area contributed by atoms with Crippen molar-refractivity contribution in [3.63, 3.8) is 0 Å². The molecule has 1 heterocycles. The molecule has 0 spiro atoms. The van der Waals surface area contributed by atoms with Gasteiger partial charge in [-0.3, -0.25) is 0 Å². The minimum absolute atomic E-state index is 0.0922. The van der Waals surface area contributed by atoms with E-state index in [0.29, 0.717) is 6.61 Å². The van der Waals surface area contributed by atoms with E-state index >= 15 is 0 Å². The summed E-state index contributed by atoms with van der Waals surface area (Å²) in [7, 11) is 0. The smallest absolute Gasteiger partial charge is 0.145 e. The first-order chi connectivity index (χ1) is 10.2. The molecule has 0 fully saturated rings. The predicted octanol–water partition coefficient (Wildman–Crippen LogP) is 2.67. The van der Waals surface area contributed by atoms with E-state index in [1.807, 2.05) is 31.2 Å². The summed E-state index contributed by atoms with van der Waals surface area (Å²) in [5.41, 5.74) is 1.89. The lowest BCUT2D eigenvalue weighted by Crippen LogP contribution is -2.34. The molecule has 0 aliphatic carbocycles. The molecule has 114 valence electrons. The summed E-state index contributed by atoms with van der Waals surface area (Å²) in [5.74, 6) is 0.809. The first-order valence-electron chi connectivity index (χ1n) is 7.58. The molecule has 2 rings (SSSR count). The second-order valence-corrected chi connectivity index (χ2v) is 5.25. The fraction of sp³-hybridized carbons (Fsp3) is 0.471. The highest BCUT2D eigenvalue weighted by molar-refractivity contribution is 5.84. The lowest BCUT2D eigenvalue weighted by molar-refractivity contribution is 0.209. The molecule has 2 N–H and O–H groups in total. The van der Waals surface area contributed by atoms with Crippen LogP contribution in [0.25, 0.3) is 10.9 Å². The zero-order chi connectivity index (χ0) is 15.1. The maximum Gasteiger partial charge on any atom is 0.145 e. The van der Waals surface area contributed by atoms with E-state index in [9.17, 15) is 5.11 Å². The quantitative estimate of drug-likeness (QED) is 0.784. The highest BCUT2D eigenvalue weighted by atomic mass is 16.5. The third-order valence-electron chi connectivity index (χ3n) is 3.45. The van der Waals surface area contributed by atoms with Crippen molar-refractivity contribution >= 4 is 10.9 Å². The van der Waals surface area contributed by atoms with Gasteiger partial charge in [-0.2, -0.15) is 0 Å². The van der Waals surface area contributed by atoms with E-state index in [-0.39, 0.29) is 12.6 Å². The van der Waals surface area contributed by atoms with Crippen LogP contribution in [0.15, 0.2) is 30.3 Å². The first kappa shape index (κ1) is 15.7. The Bertz CT molecular complexity index is 572. The number of aliphatic hydroxyl groups is 1. The normalized spacial score (nSPS) is 12.5. The minimum Gasteiger partial charge on any atom is -0.491 e. The van der Waals surface area contributed by atoms with Crippen LogP contribution in [0.4, 0.5) is 0 Å². The Morgan fingerprint density at radius 3 is 2.90 bits per heavy atom. The Labute approximate surface area is 126 Å². The molecule has 0 saturated carbocycles. The molecular weight excluding hydrogens is 264 g/mol. The van der Waals surface area contributed by atoms with Gasteiger partial charge in [-0.15, -0.1) is 0 Å². The Kier molecular flexibility index (Phi) is 5.96. The number of rotatable bonds is 8. The number of fused-ring (bicyclic) bond motifs is 1. The van der Waals surface area contributed by atoms with E-state index in [2.05, 4.69) is 23.3 Å². The van der Waals surface area contributed by atoms with Crippen LogP contribution in [0.3, 0.4) is 0 Å². The summed E-state index contributed by atoms with van der Waals surface area (Å²) in [6.07, 6.45) is 1.84. The molecule has 0 bridgehead atoms. The second kappa shape index (κ2) is 7.96. The minimum atomic E-state index is 0.0922. The van der Waals surface area contributed by atoms with E-state index in [1.54, 1.807) is 0 Å². The molecule has 1 aromatic heterocycles. The number of nitrogens with one attached hydrogen (secondary N) is 1. The molecule has 0 aliphatic rings. The van der Waals surface area contributed by atoms with Gasteiger partial charge >= 0.3 is 0 Å². The van der Waals surface area contributed by atoms with Gasteiger partial charge < -0.3 is 15.2 Å². The van der Waals surface area contributed by atoms with Gasteiger partial charge in [0.2, 0.25) is 0 Å². The summed E-state index contributed by atoms with van der Waals surface area (Å²) in [5, 5.41) is 13.7. The largest absolute Gasteiger partial charge is 0.491 e. The van der Waals surface area contributed by atoms with Crippen LogP contribution in [-0.2, 0) is 0 Å². The van der Waals surface area contributed by atoms with Gasteiger partial charge in [0, 0.05) is 17.1 Å². The molecular formula is C17H24N2O2. The van der Waals surface area contributed by atoms with Gasteiger partial charge in [-0.1, -0.05) is 25.1 Å². The summed E-state index contributed by atoms with van der Waals surface area (Å²) < 4.78 is 5.87. The van der Waals surface area contributed by atoms with Crippen molar-refractivity contribution in [2.75, 3.05) is 19.8 Å². The standard InChI is InChI=1S/C17H24N2O2/c1-3-10-18-15(12-20)9-11-21-16-6-4-5-14-8-7-13(2)19-17(14)16/h4-8,15,18,20H,3,9-12H2,1-2H3. The zero-order valence-electron chi connectivity index (χ0n) is 12.8. The second-order valence-electron chi connectivity index (χ2n) is 5.25. The van der Waals surface area contributed by atoms with E-state index in [0.717, 1.165) is 41.7 Å². The number of aryl methyl sites for hydroxylation is 1. The number of pyridine rings is 1. The molecule has 1 aromatic carbocycles. The Balaban J connectivity index is 1.98. The Morgan fingerprint density at radius 2 is 2.14 bits per heavy atom. The fourth-order valence-electron chi connectivity index (χ4n) is 2.25. The summed E-state index contributed by atoms with van der Waals surface area (Å²) in [4.78, 5) is 4.55. The molecule has 21 heavy (non-hydrogen) atoms. The maximum absolute atomic E-state index is 9.33. The third kappa shape index (κ3) is 4.41. The van der Waals surface area contributed by atoms with Gasteiger partial charge in [0.05, 0.1) is 13.2 Å². The monoisotopic (exact) mass is 288 g/mol. The Hall–Kier alpha value is -1.65. The number of aliphatic hydroxyl groups excluding tert-OH is 1. The van der Waals surface area contributed by atoms with Crippen molar-refractivity contribution < 1.29 is 9.84 Å². The average Bonchev–Trinajstić information content (AvgIpc) is 2.51. The number of benzene rings is 1.